The largest absolute Gasteiger partial charge is 0.495 e. The first-order valence-corrected chi connectivity index (χ1v) is 10.1. The molecule has 0 aliphatic heterocycles. The van der Waals surface area contributed by atoms with E-state index in [1.807, 2.05) is 0 Å². The van der Waals surface area contributed by atoms with E-state index in [-0.39, 0.29) is 28.0 Å². The molecule has 0 saturated carbocycles. The molecule has 0 aliphatic carbocycles. The van der Waals surface area contributed by atoms with Gasteiger partial charge in [0.05, 0.1) is 18.4 Å². The van der Waals surface area contributed by atoms with Gasteiger partial charge in [-0.25, -0.2) is 8.78 Å². The van der Waals surface area contributed by atoms with Crippen LogP contribution in [0, 0.1) is 17.6 Å². The molecule has 0 spiro atoms. The van der Waals surface area contributed by atoms with Crippen LogP contribution in [0.5, 0.6) is 5.75 Å². The molecular weight excluding hydrogens is 438 g/mol. The second kappa shape index (κ2) is 10.2. The van der Waals surface area contributed by atoms with Gasteiger partial charge >= 0.3 is 0 Å². The Morgan fingerprint density at radius 1 is 1.03 bits per heavy atom. The van der Waals surface area contributed by atoms with Crippen LogP contribution in [0.25, 0.3) is 0 Å². The highest BCUT2D eigenvalue weighted by Gasteiger charge is 2.17. The van der Waals surface area contributed by atoms with Gasteiger partial charge in [-0.1, -0.05) is 30.7 Å². The topological polar surface area (TPSA) is 67.4 Å². The smallest absolute Gasteiger partial charge is 0.258 e. The molecule has 0 saturated heterocycles. The maximum atomic E-state index is 14.1. The third kappa shape index (κ3) is 5.82. The van der Waals surface area contributed by atoms with Crippen LogP contribution < -0.4 is 15.4 Å². The van der Waals surface area contributed by atoms with Gasteiger partial charge in [-0.05, 0) is 60.5 Å². The van der Waals surface area contributed by atoms with Crippen molar-refractivity contribution in [1.29, 1.82) is 0 Å². The van der Waals surface area contributed by atoms with Gasteiger partial charge in [0, 0.05) is 16.6 Å². The number of methoxy groups -OCH3 is 1. The van der Waals surface area contributed by atoms with Crippen molar-refractivity contribution in [3.05, 3.63) is 88.4 Å². The molecular formula is C24H21ClF2N2O3. The minimum atomic E-state index is -0.760. The number of halogens is 3. The van der Waals surface area contributed by atoms with Crippen molar-refractivity contribution < 1.29 is 23.1 Å². The Balaban J connectivity index is 1.73. The van der Waals surface area contributed by atoms with E-state index in [1.165, 1.54) is 37.4 Å². The van der Waals surface area contributed by atoms with Crippen LogP contribution in [0.1, 0.15) is 22.8 Å². The third-order valence-corrected chi connectivity index (χ3v) is 5.00. The molecule has 0 aromatic heterocycles. The molecule has 2 N–H and O–H groups in total. The molecule has 2 amide bonds. The summed E-state index contributed by atoms with van der Waals surface area (Å²) in [5, 5.41) is 5.53. The monoisotopic (exact) mass is 458 g/mol. The highest BCUT2D eigenvalue weighted by molar-refractivity contribution is 6.30. The molecule has 3 aromatic carbocycles. The predicted octanol–water partition coefficient (Wildman–Crippen LogP) is 5.70. The van der Waals surface area contributed by atoms with E-state index in [0.29, 0.717) is 23.4 Å². The van der Waals surface area contributed by atoms with Gasteiger partial charge < -0.3 is 15.4 Å². The second-order valence-electron chi connectivity index (χ2n) is 7.22. The Labute approximate surface area is 189 Å². The Morgan fingerprint density at radius 2 is 1.81 bits per heavy atom. The predicted molar refractivity (Wildman–Crippen MR) is 120 cm³/mol. The quantitative estimate of drug-likeness (QED) is 0.477. The van der Waals surface area contributed by atoms with Crippen molar-refractivity contribution in [1.82, 2.24) is 0 Å². The molecule has 166 valence electrons. The molecule has 32 heavy (non-hydrogen) atoms. The molecule has 3 aromatic rings. The van der Waals surface area contributed by atoms with E-state index in [4.69, 9.17) is 16.3 Å². The van der Waals surface area contributed by atoms with E-state index in [9.17, 15) is 18.4 Å². The van der Waals surface area contributed by atoms with Gasteiger partial charge in [-0.2, -0.15) is 0 Å². The number of hydrogen-bond acceptors (Lipinski definition) is 3. The van der Waals surface area contributed by atoms with Crippen LogP contribution in [-0.4, -0.2) is 18.9 Å². The van der Waals surface area contributed by atoms with Crippen LogP contribution in [0.3, 0.4) is 0 Å². The average Bonchev–Trinajstić information content (AvgIpc) is 2.73. The highest BCUT2D eigenvalue weighted by Crippen LogP contribution is 2.29. The minimum Gasteiger partial charge on any atom is -0.495 e. The Kier molecular flexibility index (Phi) is 7.43. The summed E-state index contributed by atoms with van der Waals surface area (Å²) in [6.07, 6.45) is 0.360. The Morgan fingerprint density at radius 3 is 2.50 bits per heavy atom. The SMILES string of the molecule is COc1ccc(NC(=O)C(C)Cc2cccc(F)c2)cc1NC(=O)c1ccc(Cl)cc1F. The van der Waals surface area contributed by atoms with Gasteiger partial charge in [0.2, 0.25) is 5.91 Å². The number of benzene rings is 3. The second-order valence-corrected chi connectivity index (χ2v) is 7.65. The maximum absolute atomic E-state index is 14.1. The molecule has 0 aliphatic rings. The number of hydrogen-bond donors (Lipinski definition) is 2. The van der Waals surface area contributed by atoms with Crippen LogP contribution >= 0.6 is 11.6 Å². The van der Waals surface area contributed by atoms with Crippen LogP contribution in [0.15, 0.2) is 60.7 Å². The fourth-order valence-corrected chi connectivity index (χ4v) is 3.28. The van der Waals surface area contributed by atoms with E-state index in [0.717, 1.165) is 6.07 Å². The number of ether oxygens (including phenoxy) is 1. The third-order valence-electron chi connectivity index (χ3n) is 4.77. The summed E-state index contributed by atoms with van der Waals surface area (Å²) in [4.78, 5) is 25.1. The van der Waals surface area contributed by atoms with E-state index >= 15 is 0 Å². The first-order chi connectivity index (χ1) is 15.3. The summed E-state index contributed by atoms with van der Waals surface area (Å²) in [6.45, 7) is 1.73. The van der Waals surface area contributed by atoms with Crippen molar-refractivity contribution in [3.63, 3.8) is 0 Å². The van der Waals surface area contributed by atoms with Crippen molar-refractivity contribution in [3.8, 4) is 5.75 Å². The fraction of sp³-hybridized carbons (Fsp3) is 0.167. The highest BCUT2D eigenvalue weighted by atomic mass is 35.5. The first-order valence-electron chi connectivity index (χ1n) is 9.76. The first kappa shape index (κ1) is 23.2. The molecule has 8 heteroatoms. The standard InChI is InChI=1S/C24H21ClF2N2O3/c1-14(10-15-4-3-5-17(26)11-15)23(30)28-18-7-9-22(32-2)21(13-18)29-24(31)19-8-6-16(25)12-20(19)27/h3-9,11-14H,10H2,1-2H3,(H,28,30)(H,29,31). The lowest BCUT2D eigenvalue weighted by atomic mass is 10.00. The summed E-state index contributed by atoms with van der Waals surface area (Å²) in [5.41, 5.74) is 1.19. The number of carbonyl (C=O) groups excluding carboxylic acids is 2. The summed E-state index contributed by atoms with van der Waals surface area (Å²) in [7, 11) is 1.42. The van der Waals surface area contributed by atoms with Crippen molar-refractivity contribution in [2.24, 2.45) is 5.92 Å². The molecule has 0 radical (unpaired) electrons. The number of nitrogens with one attached hydrogen (secondary N) is 2. The average molecular weight is 459 g/mol. The van der Waals surface area contributed by atoms with E-state index in [2.05, 4.69) is 10.6 Å². The lowest BCUT2D eigenvalue weighted by Gasteiger charge is -2.15. The maximum Gasteiger partial charge on any atom is 0.258 e. The van der Waals surface area contributed by atoms with Crippen LogP contribution in [-0.2, 0) is 11.2 Å². The normalized spacial score (nSPS) is 11.5. The molecule has 0 fully saturated rings. The Hall–Kier alpha value is -3.45. The van der Waals surface area contributed by atoms with Crippen molar-refractivity contribution in [2.75, 3.05) is 17.7 Å². The zero-order chi connectivity index (χ0) is 23.3. The molecule has 5 nitrogen and oxygen atoms in total. The molecule has 0 heterocycles. The summed E-state index contributed by atoms with van der Waals surface area (Å²) < 4.78 is 32.7. The zero-order valence-electron chi connectivity index (χ0n) is 17.4. The fourth-order valence-electron chi connectivity index (χ4n) is 3.12. The van der Waals surface area contributed by atoms with Gasteiger partial charge in [-0.3, -0.25) is 9.59 Å². The summed E-state index contributed by atoms with van der Waals surface area (Å²) >= 11 is 5.73. The number of carbonyl (C=O) groups is 2. The minimum absolute atomic E-state index is 0.175. The molecule has 1 unspecified atom stereocenters. The van der Waals surface area contributed by atoms with Crippen molar-refractivity contribution >= 4 is 34.8 Å². The van der Waals surface area contributed by atoms with Crippen LogP contribution in [0.2, 0.25) is 5.02 Å². The number of rotatable bonds is 7. The Bertz CT molecular complexity index is 1150. The zero-order valence-corrected chi connectivity index (χ0v) is 18.2. The van der Waals surface area contributed by atoms with E-state index in [1.54, 1.807) is 31.2 Å². The van der Waals surface area contributed by atoms with E-state index < -0.39 is 17.6 Å². The molecule has 0 bridgehead atoms. The molecule has 1 atom stereocenters. The number of amides is 2. The van der Waals surface area contributed by atoms with Crippen molar-refractivity contribution in [2.45, 2.75) is 13.3 Å². The lowest BCUT2D eigenvalue weighted by molar-refractivity contribution is -0.119. The van der Waals surface area contributed by atoms with Gasteiger partial charge in [0.25, 0.3) is 5.91 Å². The summed E-state index contributed by atoms with van der Waals surface area (Å²) in [6, 6.07) is 14.5. The van der Waals surface area contributed by atoms with Gasteiger partial charge in [0.15, 0.2) is 0 Å². The van der Waals surface area contributed by atoms with Gasteiger partial charge in [-0.15, -0.1) is 0 Å². The summed E-state index contributed by atoms with van der Waals surface area (Å²) in [5.74, 6) is -2.19. The number of anilines is 2. The van der Waals surface area contributed by atoms with Crippen LogP contribution in [0.4, 0.5) is 20.2 Å². The molecule has 3 rings (SSSR count). The lowest BCUT2D eigenvalue weighted by Crippen LogP contribution is -2.22. The van der Waals surface area contributed by atoms with Gasteiger partial charge in [0.1, 0.15) is 17.4 Å².